The summed E-state index contributed by atoms with van der Waals surface area (Å²) in [5, 5.41) is -0.197. The second kappa shape index (κ2) is 5.02. The molecular weight excluding hydrogens is 224 g/mol. The highest BCUT2D eigenvalue weighted by molar-refractivity contribution is 7.92. The first kappa shape index (κ1) is 13.9. The Bertz CT molecular complexity index is 325. The predicted octanol–water partition coefficient (Wildman–Crippen LogP) is 0.480. The molecule has 96 valence electrons. The number of likely N-dealkylation sites (tertiary alicyclic amines) is 1. The number of rotatable bonds is 4. The van der Waals surface area contributed by atoms with Gasteiger partial charge in [0.1, 0.15) is 0 Å². The zero-order chi connectivity index (χ0) is 12.4. The van der Waals surface area contributed by atoms with Crippen LogP contribution in [0.2, 0.25) is 0 Å². The Balaban J connectivity index is 2.70. The van der Waals surface area contributed by atoms with Gasteiger partial charge in [0.25, 0.3) is 0 Å². The Hall–Kier alpha value is -0.130. The van der Waals surface area contributed by atoms with E-state index in [9.17, 15) is 8.42 Å². The van der Waals surface area contributed by atoms with Crippen molar-refractivity contribution in [2.24, 2.45) is 11.1 Å². The summed E-state index contributed by atoms with van der Waals surface area (Å²) < 4.78 is 24.4. The first-order valence-corrected chi connectivity index (χ1v) is 7.58. The van der Waals surface area contributed by atoms with Gasteiger partial charge in [-0.1, -0.05) is 13.8 Å². The van der Waals surface area contributed by atoms with Gasteiger partial charge in [-0.05, 0) is 38.4 Å². The van der Waals surface area contributed by atoms with Crippen molar-refractivity contribution in [3.8, 4) is 0 Å². The van der Waals surface area contributed by atoms with Crippen molar-refractivity contribution >= 4 is 9.84 Å². The Morgan fingerprint density at radius 2 is 2.06 bits per heavy atom. The second-order valence-corrected chi connectivity index (χ2v) is 7.98. The largest absolute Gasteiger partial charge is 0.330 e. The minimum absolute atomic E-state index is 0.197. The van der Waals surface area contributed by atoms with Gasteiger partial charge in [-0.15, -0.1) is 0 Å². The fourth-order valence-corrected chi connectivity index (χ4v) is 4.58. The van der Waals surface area contributed by atoms with Gasteiger partial charge in [-0.2, -0.15) is 0 Å². The maximum absolute atomic E-state index is 12.2. The SMILES string of the molecule is CN1CCCC(S(=O)(=O)CC(C)(C)CN)C1. The third-order valence-corrected chi connectivity index (χ3v) is 5.82. The molecule has 1 fully saturated rings. The van der Waals surface area contributed by atoms with Crippen LogP contribution in [-0.4, -0.2) is 51.0 Å². The third kappa shape index (κ3) is 3.71. The number of piperidine rings is 1. The molecule has 1 rings (SSSR count). The van der Waals surface area contributed by atoms with Crippen LogP contribution in [0.15, 0.2) is 0 Å². The minimum Gasteiger partial charge on any atom is -0.330 e. The average Bonchev–Trinajstić information content (AvgIpc) is 2.16. The Morgan fingerprint density at radius 1 is 1.44 bits per heavy atom. The van der Waals surface area contributed by atoms with Crippen molar-refractivity contribution in [3.05, 3.63) is 0 Å². The van der Waals surface area contributed by atoms with Gasteiger partial charge in [-0.25, -0.2) is 8.42 Å². The van der Waals surface area contributed by atoms with E-state index in [2.05, 4.69) is 4.90 Å². The lowest BCUT2D eigenvalue weighted by atomic mass is 9.97. The van der Waals surface area contributed by atoms with Crippen LogP contribution >= 0.6 is 0 Å². The van der Waals surface area contributed by atoms with E-state index >= 15 is 0 Å². The summed E-state index contributed by atoms with van der Waals surface area (Å²) >= 11 is 0. The number of nitrogens with two attached hydrogens (primary N) is 1. The Kier molecular flexibility index (Phi) is 4.37. The lowest BCUT2D eigenvalue weighted by Gasteiger charge is -2.32. The van der Waals surface area contributed by atoms with E-state index in [-0.39, 0.29) is 16.4 Å². The molecule has 1 atom stereocenters. The van der Waals surface area contributed by atoms with Crippen LogP contribution in [-0.2, 0) is 9.84 Å². The quantitative estimate of drug-likeness (QED) is 0.786. The van der Waals surface area contributed by atoms with Gasteiger partial charge < -0.3 is 10.6 Å². The number of nitrogens with zero attached hydrogens (tertiary/aromatic N) is 1. The summed E-state index contributed by atoms with van der Waals surface area (Å²) in [6.07, 6.45) is 1.77. The molecule has 0 saturated carbocycles. The van der Waals surface area contributed by atoms with Gasteiger partial charge in [0.15, 0.2) is 9.84 Å². The first-order valence-electron chi connectivity index (χ1n) is 5.87. The first-order chi connectivity index (χ1) is 7.27. The van der Waals surface area contributed by atoms with Crippen LogP contribution in [0.1, 0.15) is 26.7 Å². The zero-order valence-electron chi connectivity index (χ0n) is 10.6. The molecule has 2 N–H and O–H groups in total. The Morgan fingerprint density at radius 3 is 2.56 bits per heavy atom. The molecule has 0 spiro atoms. The smallest absolute Gasteiger partial charge is 0.154 e. The molecule has 16 heavy (non-hydrogen) atoms. The monoisotopic (exact) mass is 248 g/mol. The van der Waals surface area contributed by atoms with Crippen molar-refractivity contribution in [3.63, 3.8) is 0 Å². The van der Waals surface area contributed by atoms with Gasteiger partial charge in [0, 0.05) is 6.54 Å². The molecular formula is C11H24N2O2S. The summed E-state index contributed by atoms with van der Waals surface area (Å²) in [7, 11) is -1.03. The molecule has 4 nitrogen and oxygen atoms in total. The van der Waals surface area contributed by atoms with E-state index in [0.29, 0.717) is 13.1 Å². The third-order valence-electron chi connectivity index (χ3n) is 3.23. The van der Waals surface area contributed by atoms with Crippen LogP contribution in [0.25, 0.3) is 0 Å². The highest BCUT2D eigenvalue weighted by atomic mass is 32.2. The van der Waals surface area contributed by atoms with Gasteiger partial charge in [0.05, 0.1) is 11.0 Å². The standard InChI is InChI=1S/C11H24N2O2S/c1-11(2,8-12)9-16(14,15)10-5-4-6-13(3)7-10/h10H,4-9,12H2,1-3H3. The maximum Gasteiger partial charge on any atom is 0.154 e. The molecule has 1 unspecified atom stereocenters. The maximum atomic E-state index is 12.2. The van der Waals surface area contributed by atoms with Crippen molar-refractivity contribution in [2.75, 3.05) is 32.4 Å². The normalized spacial score (nSPS) is 24.6. The van der Waals surface area contributed by atoms with Crippen LogP contribution in [0.5, 0.6) is 0 Å². The number of sulfone groups is 1. The summed E-state index contributed by atoms with van der Waals surface area (Å²) in [4.78, 5) is 2.10. The summed E-state index contributed by atoms with van der Waals surface area (Å²) in [5.74, 6) is 0.203. The molecule has 0 aromatic carbocycles. The van der Waals surface area contributed by atoms with Gasteiger partial charge in [0.2, 0.25) is 0 Å². The van der Waals surface area contributed by atoms with Crippen molar-refractivity contribution in [1.82, 2.24) is 4.90 Å². The lowest BCUT2D eigenvalue weighted by Crippen LogP contribution is -2.44. The number of hydrogen-bond donors (Lipinski definition) is 1. The molecule has 0 bridgehead atoms. The second-order valence-electron chi connectivity index (χ2n) is 5.70. The molecule has 0 aromatic rings. The summed E-state index contributed by atoms with van der Waals surface area (Å²) in [5.41, 5.74) is 5.28. The van der Waals surface area contributed by atoms with Crippen LogP contribution in [0.3, 0.4) is 0 Å². The molecule has 1 saturated heterocycles. The topological polar surface area (TPSA) is 63.4 Å². The average molecular weight is 248 g/mol. The molecule has 5 heteroatoms. The molecule has 1 heterocycles. The van der Waals surface area contributed by atoms with Crippen molar-refractivity contribution in [2.45, 2.75) is 31.9 Å². The molecule has 1 aliphatic rings. The molecule has 0 radical (unpaired) electrons. The highest BCUT2D eigenvalue weighted by Crippen LogP contribution is 2.23. The predicted molar refractivity (Wildman–Crippen MR) is 67.1 cm³/mol. The van der Waals surface area contributed by atoms with Crippen molar-refractivity contribution < 1.29 is 8.42 Å². The van der Waals surface area contributed by atoms with Crippen LogP contribution in [0, 0.1) is 5.41 Å². The lowest BCUT2D eigenvalue weighted by molar-refractivity contribution is 0.276. The van der Waals surface area contributed by atoms with Crippen LogP contribution in [0.4, 0.5) is 0 Å². The minimum atomic E-state index is -3.01. The fraction of sp³-hybridized carbons (Fsp3) is 1.00. The van der Waals surface area contributed by atoms with E-state index in [1.54, 1.807) is 0 Å². The molecule has 0 aromatic heterocycles. The summed E-state index contributed by atoms with van der Waals surface area (Å²) in [6.45, 7) is 5.91. The molecule has 0 amide bonds. The van der Waals surface area contributed by atoms with Crippen molar-refractivity contribution in [1.29, 1.82) is 0 Å². The van der Waals surface area contributed by atoms with E-state index in [0.717, 1.165) is 19.4 Å². The van der Waals surface area contributed by atoms with E-state index < -0.39 is 9.84 Å². The van der Waals surface area contributed by atoms with E-state index in [4.69, 9.17) is 5.73 Å². The van der Waals surface area contributed by atoms with E-state index in [1.165, 1.54) is 0 Å². The molecule has 0 aliphatic carbocycles. The summed E-state index contributed by atoms with van der Waals surface area (Å²) in [6, 6.07) is 0. The number of hydrogen-bond acceptors (Lipinski definition) is 4. The van der Waals surface area contributed by atoms with Gasteiger partial charge >= 0.3 is 0 Å². The van der Waals surface area contributed by atoms with E-state index in [1.807, 2.05) is 20.9 Å². The molecule has 1 aliphatic heterocycles. The van der Waals surface area contributed by atoms with Gasteiger partial charge in [-0.3, -0.25) is 0 Å². The highest BCUT2D eigenvalue weighted by Gasteiger charge is 2.33. The van der Waals surface area contributed by atoms with Crippen LogP contribution < -0.4 is 5.73 Å². The Labute approximate surface area is 99.1 Å². The fourth-order valence-electron chi connectivity index (χ4n) is 2.13. The zero-order valence-corrected chi connectivity index (χ0v) is 11.4.